The molecule has 0 saturated carbocycles. The molecule has 0 radical (unpaired) electrons. The number of benzene rings is 3. The summed E-state index contributed by atoms with van der Waals surface area (Å²) in [5, 5.41) is 14.7. The minimum atomic E-state index is -1.59. The Morgan fingerprint density at radius 3 is 2.26 bits per heavy atom. The molecular weight excluding hydrogens is 797 g/mol. The number of fused-ring (bicyclic) bond motifs is 13. The molecule has 330 valence electrons. The van der Waals surface area contributed by atoms with Crippen molar-refractivity contribution in [2.45, 2.75) is 122 Å². The molecule has 4 amide bonds. The van der Waals surface area contributed by atoms with Gasteiger partial charge in [0.1, 0.15) is 30.1 Å². The minimum absolute atomic E-state index is 0.119. The van der Waals surface area contributed by atoms with Gasteiger partial charge in [0.05, 0.1) is 35.4 Å². The zero-order chi connectivity index (χ0) is 45.2. The van der Waals surface area contributed by atoms with Crippen molar-refractivity contribution in [3.05, 3.63) is 59.7 Å². The lowest BCUT2D eigenvalue weighted by Gasteiger charge is -2.42. The monoisotopic (exact) mass is 854 g/mol. The third-order valence-corrected chi connectivity index (χ3v) is 11.8. The van der Waals surface area contributed by atoms with E-state index in [1.165, 1.54) is 7.11 Å². The molecule has 1 saturated heterocycles. The Kier molecular flexibility index (Phi) is 10.6. The summed E-state index contributed by atoms with van der Waals surface area (Å²) in [6, 6.07) is 14.8. The Hall–Kier alpha value is -5.87. The molecule has 2 bridgehead atoms. The number of alkyl carbamates (subject to hydrolysis) is 2. The average molecular weight is 855 g/mol. The second-order valence-electron chi connectivity index (χ2n) is 18.3. The summed E-state index contributed by atoms with van der Waals surface area (Å²) >= 11 is 0. The highest BCUT2D eigenvalue weighted by molar-refractivity contribution is 6.31. The molecule has 16 heteroatoms. The lowest BCUT2D eigenvalue weighted by Crippen LogP contribution is -2.55. The predicted molar refractivity (Wildman–Crippen MR) is 232 cm³/mol. The SMILES string of the molecule is [3H]C(OC(=O)CCNC(=O)[C@H](CCCCNC(=O)OC(C)(C)C)NC(=O)OC(C)(C)C)[C@@]1(OC)C[C@H]2O[C@]1(C)n1c3ccccc3c3c4c(c5c6ccccc6n2c5c31)C(=O)NC4. The fraction of sp³-hybridized carbons (Fsp3) is 0.500. The van der Waals surface area contributed by atoms with Crippen molar-refractivity contribution in [3.63, 3.8) is 0 Å². The molecule has 0 aliphatic carbocycles. The number of para-hydroxylation sites is 2. The summed E-state index contributed by atoms with van der Waals surface area (Å²) in [6.45, 7) is 11.2. The molecule has 5 heterocycles. The van der Waals surface area contributed by atoms with E-state index in [2.05, 4.69) is 30.4 Å². The van der Waals surface area contributed by atoms with E-state index in [0.29, 0.717) is 31.5 Å². The normalized spacial score (nSPS) is 21.6. The number of esters is 1. The Balaban J connectivity index is 1.02. The number of carbonyl (C=O) groups is 5. The first-order valence-electron chi connectivity index (χ1n) is 21.7. The molecular formula is C46H56N6O10. The Morgan fingerprint density at radius 1 is 0.903 bits per heavy atom. The van der Waals surface area contributed by atoms with Crippen LogP contribution in [0, 0.1) is 0 Å². The van der Waals surface area contributed by atoms with E-state index in [4.69, 9.17) is 23.7 Å². The van der Waals surface area contributed by atoms with Crippen molar-refractivity contribution >= 4 is 73.6 Å². The van der Waals surface area contributed by atoms with Crippen LogP contribution in [-0.2, 0) is 45.5 Å². The third kappa shape index (κ3) is 7.46. The van der Waals surface area contributed by atoms with Crippen LogP contribution in [0.4, 0.5) is 9.59 Å². The van der Waals surface area contributed by atoms with Crippen LogP contribution in [0.3, 0.4) is 0 Å². The molecule has 2 aromatic heterocycles. The van der Waals surface area contributed by atoms with Crippen LogP contribution in [0.25, 0.3) is 43.6 Å². The van der Waals surface area contributed by atoms with Crippen LogP contribution >= 0.6 is 0 Å². The van der Waals surface area contributed by atoms with Crippen LogP contribution in [0.15, 0.2) is 48.5 Å². The summed E-state index contributed by atoms with van der Waals surface area (Å²) in [5.74, 6) is -1.42. The van der Waals surface area contributed by atoms with Crippen LogP contribution < -0.4 is 21.3 Å². The number of ether oxygens (including phenoxy) is 5. The number of hydrogen-bond acceptors (Lipinski definition) is 10. The van der Waals surface area contributed by atoms with E-state index < -0.39 is 65.4 Å². The topological polar surface area (TPSA) is 189 Å². The van der Waals surface area contributed by atoms with Crippen molar-refractivity contribution in [2.75, 3.05) is 26.8 Å². The van der Waals surface area contributed by atoms with Gasteiger partial charge in [-0.05, 0) is 85.4 Å². The molecule has 4 N–H and O–H groups in total. The van der Waals surface area contributed by atoms with Gasteiger partial charge >= 0.3 is 18.2 Å². The van der Waals surface area contributed by atoms with Crippen LogP contribution in [-0.4, -0.2) is 88.7 Å². The van der Waals surface area contributed by atoms with Gasteiger partial charge in [0.2, 0.25) is 5.91 Å². The van der Waals surface area contributed by atoms with Crippen molar-refractivity contribution in [2.24, 2.45) is 0 Å². The summed E-state index contributed by atoms with van der Waals surface area (Å²) in [6.07, 6.45) is -0.989. The summed E-state index contributed by atoms with van der Waals surface area (Å²) in [5.41, 5.74) is 0.477. The van der Waals surface area contributed by atoms with Gasteiger partial charge in [-0.1, -0.05) is 36.4 Å². The van der Waals surface area contributed by atoms with E-state index in [9.17, 15) is 25.3 Å². The van der Waals surface area contributed by atoms with Gasteiger partial charge in [0, 0.05) is 54.7 Å². The fourth-order valence-corrected chi connectivity index (χ4v) is 9.27. The van der Waals surface area contributed by atoms with Crippen LogP contribution in [0.2, 0.25) is 0 Å². The number of nitrogens with zero attached hydrogens (tertiary/aromatic N) is 2. The Labute approximate surface area is 360 Å². The Bertz CT molecular complexity index is 2680. The van der Waals surface area contributed by atoms with Crippen molar-refractivity contribution in [1.82, 2.24) is 30.4 Å². The van der Waals surface area contributed by atoms with Gasteiger partial charge < -0.3 is 54.1 Å². The number of hydrogen-bond donors (Lipinski definition) is 4. The van der Waals surface area contributed by atoms with Gasteiger partial charge in [-0.2, -0.15) is 0 Å². The molecule has 3 aliphatic heterocycles. The molecule has 62 heavy (non-hydrogen) atoms. The smallest absolute Gasteiger partial charge is 0.408 e. The van der Waals surface area contributed by atoms with Crippen LogP contribution in [0.5, 0.6) is 0 Å². The van der Waals surface area contributed by atoms with Crippen LogP contribution in [0.1, 0.15) is 104 Å². The predicted octanol–water partition coefficient (Wildman–Crippen LogP) is 6.77. The summed E-state index contributed by atoms with van der Waals surface area (Å²) in [4.78, 5) is 65.5. The second kappa shape index (κ2) is 15.8. The number of nitrogens with one attached hydrogen (secondary N) is 4. The molecule has 5 atom stereocenters. The van der Waals surface area contributed by atoms with Gasteiger partial charge in [0.25, 0.3) is 5.91 Å². The summed E-state index contributed by atoms with van der Waals surface area (Å²) < 4.78 is 43.8. The minimum Gasteiger partial charge on any atom is -0.462 e. The molecule has 8 rings (SSSR count). The number of unbranched alkanes of at least 4 members (excludes halogenated alkanes) is 1. The van der Waals surface area contributed by atoms with E-state index in [0.717, 1.165) is 49.2 Å². The number of amides is 4. The van der Waals surface area contributed by atoms with E-state index >= 15 is 0 Å². The first kappa shape index (κ1) is 41.5. The molecule has 1 unspecified atom stereocenters. The molecule has 0 spiro atoms. The number of rotatable bonds is 13. The molecule has 1 fully saturated rings. The highest BCUT2D eigenvalue weighted by Crippen LogP contribution is 2.58. The van der Waals surface area contributed by atoms with E-state index in [1.54, 1.807) is 41.5 Å². The van der Waals surface area contributed by atoms with Crippen molar-refractivity contribution in [3.8, 4) is 0 Å². The summed E-state index contributed by atoms with van der Waals surface area (Å²) in [7, 11) is 1.49. The first-order valence-corrected chi connectivity index (χ1v) is 21.2. The molecule has 3 aliphatic rings. The average Bonchev–Trinajstić information content (AvgIpc) is 3.91. The maximum absolute atomic E-state index is 13.6. The van der Waals surface area contributed by atoms with Gasteiger partial charge in [-0.15, -0.1) is 0 Å². The third-order valence-electron chi connectivity index (χ3n) is 11.8. The zero-order valence-corrected chi connectivity index (χ0v) is 36.5. The molecule has 5 aromatic rings. The largest absolute Gasteiger partial charge is 0.462 e. The van der Waals surface area contributed by atoms with Crippen molar-refractivity contribution < 1.29 is 49.0 Å². The number of methoxy groups -OCH3 is 1. The first-order chi connectivity index (χ1) is 29.8. The number of carbonyl (C=O) groups excluding carboxylic acids is 5. The maximum Gasteiger partial charge on any atom is 0.408 e. The van der Waals surface area contributed by atoms with Crippen molar-refractivity contribution in [1.29, 1.82) is 0 Å². The highest BCUT2D eigenvalue weighted by Gasteiger charge is 2.63. The standard InChI is InChI=1S/C46H56N6O10/c1-43(2,3)61-41(56)48-21-14-13-17-29(50-42(57)62-44(4,5)6)39(54)47-22-20-33(53)59-25-46(58-8)23-32-51-30-18-11-9-15-26(30)35-36-28(24-49-40(36)55)34-27-16-10-12-19-31(27)52(38(34)37(35)51)45(46,7)60-32/h9-12,15-16,18-19,29,32H,13-14,17,20-25H2,1-8H3,(H,47,54)(H,48,56)(H,49,55)(H,50,57)/t29-,32+,45-,46-/m0/s1/i25T/t25?,29-,32+,45-,46-. The fourth-order valence-electron chi connectivity index (χ4n) is 9.27. The quantitative estimate of drug-likeness (QED) is 0.0559. The second-order valence-corrected chi connectivity index (χ2v) is 18.3. The lowest BCUT2D eigenvalue weighted by atomic mass is 9.89. The zero-order valence-electron chi connectivity index (χ0n) is 37.5. The Morgan fingerprint density at radius 2 is 1.56 bits per heavy atom. The molecule has 16 nitrogen and oxygen atoms in total. The van der Waals surface area contributed by atoms with Gasteiger partial charge in [-0.25, -0.2) is 9.59 Å². The van der Waals surface area contributed by atoms with Gasteiger partial charge in [-0.3, -0.25) is 14.4 Å². The highest BCUT2D eigenvalue weighted by atomic mass is 16.6. The molecule has 3 aromatic carbocycles. The van der Waals surface area contributed by atoms with Gasteiger partial charge in [0.15, 0.2) is 11.3 Å². The van der Waals surface area contributed by atoms with E-state index in [1.807, 2.05) is 55.5 Å². The van der Waals surface area contributed by atoms with E-state index in [-0.39, 0.29) is 31.7 Å². The lowest BCUT2D eigenvalue weighted by molar-refractivity contribution is -0.208. The maximum atomic E-state index is 13.6. The number of aromatic nitrogens is 2.